The van der Waals surface area contributed by atoms with E-state index in [-0.39, 0.29) is 5.97 Å². The molecule has 0 spiro atoms. The van der Waals surface area contributed by atoms with E-state index in [1.54, 1.807) is 13.1 Å². The van der Waals surface area contributed by atoms with Crippen LogP contribution in [0.4, 0.5) is 0 Å². The molecule has 0 saturated carbocycles. The highest BCUT2D eigenvalue weighted by molar-refractivity contribution is 5.88. The summed E-state index contributed by atoms with van der Waals surface area (Å²) >= 11 is 0. The molecule has 2 aromatic rings. The van der Waals surface area contributed by atoms with Crippen LogP contribution in [0.15, 0.2) is 30.5 Å². The maximum atomic E-state index is 13.1. The summed E-state index contributed by atoms with van der Waals surface area (Å²) in [5.41, 5.74) is 2.90. The molecule has 3 rings (SSSR count). The average Bonchev–Trinajstić information content (AvgIpc) is 3.18. The number of carbonyl (C=O) groups excluding carboxylic acids is 2. The van der Waals surface area contributed by atoms with Gasteiger partial charge in [0.05, 0.1) is 24.8 Å². The third-order valence-corrected chi connectivity index (χ3v) is 5.75. The van der Waals surface area contributed by atoms with Crippen molar-refractivity contribution >= 4 is 11.9 Å². The van der Waals surface area contributed by atoms with E-state index in [0.29, 0.717) is 38.4 Å². The van der Waals surface area contributed by atoms with Gasteiger partial charge in [0, 0.05) is 18.7 Å². The van der Waals surface area contributed by atoms with Crippen molar-refractivity contribution < 1.29 is 19.1 Å². The van der Waals surface area contributed by atoms with Crippen LogP contribution in [0.25, 0.3) is 0 Å². The average molecular weight is 414 g/mol. The Hall–Kier alpha value is -2.67. The van der Waals surface area contributed by atoms with E-state index in [9.17, 15) is 9.59 Å². The second-order valence-corrected chi connectivity index (χ2v) is 7.91. The molecule has 7 nitrogen and oxygen atoms in total. The van der Waals surface area contributed by atoms with Crippen LogP contribution in [0.1, 0.15) is 53.9 Å². The van der Waals surface area contributed by atoms with E-state index in [1.807, 2.05) is 19.1 Å². The molecule has 1 N–H and O–H groups in total. The van der Waals surface area contributed by atoms with Gasteiger partial charge in [-0.3, -0.25) is 14.8 Å². The van der Waals surface area contributed by atoms with Crippen molar-refractivity contribution in [2.24, 2.45) is 5.41 Å². The van der Waals surface area contributed by atoms with E-state index >= 15 is 0 Å². The van der Waals surface area contributed by atoms with Crippen LogP contribution in [0.5, 0.6) is 0 Å². The number of hydrogen-bond donors (Lipinski definition) is 1. The summed E-state index contributed by atoms with van der Waals surface area (Å²) in [6, 6.07) is 8.19. The second-order valence-electron chi connectivity index (χ2n) is 7.91. The fraction of sp³-hybridized carbons (Fsp3) is 0.522. The van der Waals surface area contributed by atoms with Crippen LogP contribution in [-0.4, -0.2) is 53.3 Å². The molecular weight excluding hydrogens is 382 g/mol. The van der Waals surface area contributed by atoms with Gasteiger partial charge in [-0.25, -0.2) is 4.79 Å². The molecule has 1 fully saturated rings. The number of esters is 2. The van der Waals surface area contributed by atoms with Gasteiger partial charge in [-0.1, -0.05) is 24.3 Å². The van der Waals surface area contributed by atoms with Crippen LogP contribution < -0.4 is 0 Å². The topological polar surface area (TPSA) is 84.5 Å². The minimum atomic E-state index is -0.603. The third kappa shape index (κ3) is 4.90. The predicted octanol–water partition coefficient (Wildman–Crippen LogP) is 3.28. The highest BCUT2D eigenvalue weighted by Crippen LogP contribution is 2.36. The van der Waals surface area contributed by atoms with Crippen LogP contribution in [0, 0.1) is 12.3 Å². The second kappa shape index (κ2) is 9.89. The monoisotopic (exact) mass is 413 g/mol. The van der Waals surface area contributed by atoms with Crippen LogP contribution in [0.2, 0.25) is 0 Å². The number of nitrogens with one attached hydrogen (secondary N) is 1. The lowest BCUT2D eigenvalue weighted by Crippen LogP contribution is -2.49. The van der Waals surface area contributed by atoms with Crippen molar-refractivity contribution in [1.29, 1.82) is 0 Å². The number of nitrogens with zero attached hydrogens (tertiary/aromatic N) is 2. The highest BCUT2D eigenvalue weighted by atomic mass is 16.5. The minimum Gasteiger partial charge on any atom is -0.466 e. The number of H-pyrrole nitrogens is 1. The zero-order valence-corrected chi connectivity index (χ0v) is 18.1. The number of aryl methyl sites for hydroxylation is 1. The summed E-state index contributed by atoms with van der Waals surface area (Å²) < 4.78 is 10.6. The number of aromatic amines is 1. The van der Waals surface area contributed by atoms with Gasteiger partial charge >= 0.3 is 11.9 Å². The molecule has 1 aliphatic rings. The van der Waals surface area contributed by atoms with E-state index in [2.05, 4.69) is 34.2 Å². The molecule has 1 unspecified atom stereocenters. The molecule has 7 heteroatoms. The first-order valence-electron chi connectivity index (χ1n) is 10.6. The van der Waals surface area contributed by atoms with E-state index < -0.39 is 11.4 Å². The summed E-state index contributed by atoms with van der Waals surface area (Å²) in [6.07, 6.45) is 3.98. The number of likely N-dealkylation sites (tertiary alicyclic amines) is 1. The zero-order valence-electron chi connectivity index (χ0n) is 18.1. The van der Waals surface area contributed by atoms with Gasteiger partial charge in [0.2, 0.25) is 0 Å². The Morgan fingerprint density at radius 1 is 1.17 bits per heavy atom. The molecule has 0 radical (unpaired) electrons. The highest BCUT2D eigenvalue weighted by Gasteiger charge is 2.44. The Morgan fingerprint density at radius 2 is 1.93 bits per heavy atom. The number of rotatable bonds is 8. The van der Waals surface area contributed by atoms with Crippen molar-refractivity contribution in [3.05, 3.63) is 52.8 Å². The molecule has 1 aromatic heterocycles. The molecule has 1 aliphatic heterocycles. The molecule has 1 saturated heterocycles. The fourth-order valence-corrected chi connectivity index (χ4v) is 4.25. The first kappa shape index (κ1) is 22.0. The van der Waals surface area contributed by atoms with Gasteiger partial charge in [-0.2, -0.15) is 5.10 Å². The van der Waals surface area contributed by atoms with E-state index in [0.717, 1.165) is 24.9 Å². The van der Waals surface area contributed by atoms with E-state index in [4.69, 9.17) is 9.47 Å². The number of ether oxygens (including phenoxy) is 2. The summed E-state index contributed by atoms with van der Waals surface area (Å²) in [4.78, 5) is 27.5. The third-order valence-electron chi connectivity index (χ3n) is 5.75. The maximum absolute atomic E-state index is 13.1. The van der Waals surface area contributed by atoms with Gasteiger partial charge in [0.1, 0.15) is 5.69 Å². The SMILES string of the molecule is CCOC(=O)c1[nH]ncc1CN1CCCC(Cc2ccccc2C)(C(=O)OCC)C1. The molecule has 1 atom stereocenters. The normalized spacial score (nSPS) is 19.4. The summed E-state index contributed by atoms with van der Waals surface area (Å²) in [6.45, 7) is 8.32. The van der Waals surface area contributed by atoms with Gasteiger partial charge < -0.3 is 9.47 Å². The smallest absolute Gasteiger partial charge is 0.356 e. The molecule has 0 bridgehead atoms. The Bertz CT molecular complexity index is 879. The van der Waals surface area contributed by atoms with Crippen LogP contribution in [0.3, 0.4) is 0 Å². The minimum absolute atomic E-state index is 0.143. The fourth-order valence-electron chi connectivity index (χ4n) is 4.25. The molecule has 162 valence electrons. The van der Waals surface area contributed by atoms with Crippen molar-refractivity contribution in [2.75, 3.05) is 26.3 Å². The predicted molar refractivity (Wildman–Crippen MR) is 113 cm³/mol. The zero-order chi connectivity index (χ0) is 21.6. The van der Waals surface area contributed by atoms with Gasteiger partial charge in [-0.15, -0.1) is 0 Å². The van der Waals surface area contributed by atoms with Gasteiger partial charge in [-0.05, 0) is 57.7 Å². The molecule has 2 heterocycles. The number of benzene rings is 1. The number of hydrogen-bond acceptors (Lipinski definition) is 6. The van der Waals surface area contributed by atoms with Crippen molar-refractivity contribution in [3.8, 4) is 0 Å². The van der Waals surface area contributed by atoms with E-state index in [1.165, 1.54) is 11.1 Å². The first-order valence-corrected chi connectivity index (χ1v) is 10.6. The maximum Gasteiger partial charge on any atom is 0.356 e. The number of aromatic nitrogens is 2. The van der Waals surface area contributed by atoms with Crippen LogP contribution in [-0.2, 0) is 27.2 Å². The Kier molecular flexibility index (Phi) is 7.26. The quantitative estimate of drug-likeness (QED) is 0.669. The Labute approximate surface area is 177 Å². The van der Waals surface area contributed by atoms with Crippen molar-refractivity contribution in [2.45, 2.75) is 46.6 Å². The lowest BCUT2D eigenvalue weighted by molar-refractivity contribution is -0.159. The lowest BCUT2D eigenvalue weighted by atomic mass is 9.74. The van der Waals surface area contributed by atoms with Gasteiger partial charge in [0.15, 0.2) is 0 Å². The summed E-state index contributed by atoms with van der Waals surface area (Å²) in [7, 11) is 0. The molecular formula is C23H31N3O4. The number of piperidine rings is 1. The van der Waals surface area contributed by atoms with Crippen molar-refractivity contribution in [3.63, 3.8) is 0 Å². The summed E-state index contributed by atoms with van der Waals surface area (Å²) in [5, 5.41) is 6.78. The molecule has 0 aliphatic carbocycles. The number of carbonyl (C=O) groups is 2. The molecule has 30 heavy (non-hydrogen) atoms. The van der Waals surface area contributed by atoms with Gasteiger partial charge in [0.25, 0.3) is 0 Å². The standard InChI is InChI=1S/C23H31N3O4/c1-4-29-21(27)20-19(14-24-25-20)15-26-12-8-11-23(16-26,22(28)30-5-2)13-18-10-7-6-9-17(18)3/h6-7,9-10,14H,4-5,8,11-13,15-16H2,1-3H3,(H,24,25). The molecule has 1 aromatic carbocycles. The lowest BCUT2D eigenvalue weighted by Gasteiger charge is -2.41. The Balaban J connectivity index is 1.82. The first-order chi connectivity index (χ1) is 14.5. The largest absolute Gasteiger partial charge is 0.466 e. The molecule has 0 amide bonds. The Morgan fingerprint density at radius 3 is 2.67 bits per heavy atom. The van der Waals surface area contributed by atoms with Crippen LogP contribution >= 0.6 is 0 Å². The van der Waals surface area contributed by atoms with Crippen molar-refractivity contribution in [1.82, 2.24) is 15.1 Å². The summed E-state index contributed by atoms with van der Waals surface area (Å²) in [5.74, 6) is -0.547.